The third-order valence-corrected chi connectivity index (χ3v) is 6.25. The Morgan fingerprint density at radius 1 is 0.800 bits per heavy atom. The second-order valence-corrected chi connectivity index (χ2v) is 8.39. The van der Waals surface area contributed by atoms with Crippen molar-refractivity contribution in [3.63, 3.8) is 0 Å². The molecule has 1 aliphatic heterocycles. The van der Waals surface area contributed by atoms with Crippen LogP contribution < -0.4 is 0 Å². The number of benzene rings is 3. The summed E-state index contributed by atoms with van der Waals surface area (Å²) in [5.41, 5.74) is 5.09. The fourth-order valence-electron chi connectivity index (χ4n) is 4.04. The predicted octanol–water partition coefficient (Wildman–Crippen LogP) is 6.40. The van der Waals surface area contributed by atoms with Crippen LogP contribution in [0.4, 0.5) is 0 Å². The minimum Gasteiger partial charge on any atom is -0.297 e. The molecule has 3 aromatic rings. The van der Waals surface area contributed by atoms with Crippen LogP contribution in [0.25, 0.3) is 17.2 Å². The lowest BCUT2D eigenvalue weighted by Crippen LogP contribution is -2.47. The average molecular weight is 417 g/mol. The minimum atomic E-state index is 0.436. The van der Waals surface area contributed by atoms with Crippen molar-refractivity contribution in [1.82, 2.24) is 9.80 Å². The largest absolute Gasteiger partial charge is 0.297 e. The summed E-state index contributed by atoms with van der Waals surface area (Å²) >= 11 is 6.01. The summed E-state index contributed by atoms with van der Waals surface area (Å²) in [6.45, 7) is 7.80. The molecular formula is C27H29ClN2. The van der Waals surface area contributed by atoms with Crippen LogP contribution in [0.15, 0.2) is 84.9 Å². The number of hydrogen-bond acceptors (Lipinski definition) is 2. The van der Waals surface area contributed by atoms with E-state index in [9.17, 15) is 0 Å². The Hall–Kier alpha value is -2.39. The summed E-state index contributed by atoms with van der Waals surface area (Å²) in [6, 6.07) is 28.0. The zero-order valence-electron chi connectivity index (χ0n) is 17.5. The van der Waals surface area contributed by atoms with Gasteiger partial charge in [0.15, 0.2) is 0 Å². The zero-order chi connectivity index (χ0) is 20.8. The van der Waals surface area contributed by atoms with E-state index >= 15 is 0 Å². The summed E-state index contributed by atoms with van der Waals surface area (Å²) in [5, 5.41) is 0.777. The molecule has 1 unspecified atom stereocenters. The Bertz CT molecular complexity index is 940. The Morgan fingerprint density at radius 2 is 1.40 bits per heavy atom. The Balaban J connectivity index is 1.29. The maximum absolute atomic E-state index is 6.01. The predicted molar refractivity (Wildman–Crippen MR) is 129 cm³/mol. The van der Waals surface area contributed by atoms with Crippen molar-refractivity contribution in [3.05, 3.63) is 101 Å². The maximum Gasteiger partial charge on any atom is 0.0406 e. The molecule has 0 bridgehead atoms. The number of nitrogens with zero attached hydrogens (tertiary/aromatic N) is 2. The molecule has 0 spiro atoms. The topological polar surface area (TPSA) is 6.48 Å². The number of hydrogen-bond donors (Lipinski definition) is 0. The summed E-state index contributed by atoms with van der Waals surface area (Å²) in [7, 11) is 0. The van der Waals surface area contributed by atoms with Crippen molar-refractivity contribution in [2.75, 3.05) is 32.7 Å². The fourth-order valence-corrected chi connectivity index (χ4v) is 4.17. The van der Waals surface area contributed by atoms with Crippen molar-refractivity contribution in [2.24, 2.45) is 0 Å². The number of halogens is 1. The normalized spacial score (nSPS) is 16.7. The highest BCUT2D eigenvalue weighted by Gasteiger charge is 2.21. The maximum atomic E-state index is 6.01. The Labute approximate surface area is 185 Å². The van der Waals surface area contributed by atoms with Crippen molar-refractivity contribution in [2.45, 2.75) is 13.0 Å². The lowest BCUT2D eigenvalue weighted by atomic mass is 10.0. The third kappa shape index (κ3) is 5.40. The van der Waals surface area contributed by atoms with Gasteiger partial charge in [-0.1, -0.05) is 90.5 Å². The molecule has 0 amide bonds. The first kappa shape index (κ1) is 20.9. The molecule has 0 radical (unpaired) electrons. The van der Waals surface area contributed by atoms with Crippen LogP contribution in [-0.2, 0) is 0 Å². The zero-order valence-corrected chi connectivity index (χ0v) is 18.3. The van der Waals surface area contributed by atoms with Gasteiger partial charge in [0.1, 0.15) is 0 Å². The molecule has 0 saturated carbocycles. The van der Waals surface area contributed by atoms with Gasteiger partial charge in [-0.05, 0) is 41.3 Å². The molecule has 0 aromatic heterocycles. The van der Waals surface area contributed by atoms with E-state index in [4.69, 9.17) is 11.6 Å². The van der Waals surface area contributed by atoms with E-state index in [1.807, 2.05) is 12.1 Å². The smallest absolute Gasteiger partial charge is 0.0406 e. The summed E-state index contributed by atoms with van der Waals surface area (Å²) in [6.07, 6.45) is 4.50. The first-order chi connectivity index (χ1) is 14.7. The van der Waals surface area contributed by atoms with Crippen LogP contribution in [0.2, 0.25) is 5.02 Å². The Morgan fingerprint density at radius 3 is 2.03 bits per heavy atom. The van der Waals surface area contributed by atoms with Crippen molar-refractivity contribution < 1.29 is 0 Å². The molecule has 3 heteroatoms. The van der Waals surface area contributed by atoms with E-state index in [1.54, 1.807) is 0 Å². The van der Waals surface area contributed by atoms with Gasteiger partial charge in [-0.25, -0.2) is 0 Å². The quantitative estimate of drug-likeness (QED) is 0.458. The first-order valence-corrected chi connectivity index (χ1v) is 11.1. The van der Waals surface area contributed by atoms with Crippen LogP contribution >= 0.6 is 11.6 Å². The van der Waals surface area contributed by atoms with Gasteiger partial charge in [0, 0.05) is 43.8 Å². The fraction of sp³-hybridized carbons (Fsp3) is 0.259. The molecule has 30 heavy (non-hydrogen) atoms. The van der Waals surface area contributed by atoms with Crippen LogP contribution in [0.3, 0.4) is 0 Å². The molecule has 1 atom stereocenters. The lowest BCUT2D eigenvalue weighted by molar-refractivity contribution is 0.110. The molecule has 1 aliphatic rings. The van der Waals surface area contributed by atoms with Crippen LogP contribution in [0.1, 0.15) is 24.1 Å². The van der Waals surface area contributed by atoms with Gasteiger partial charge in [-0.3, -0.25) is 9.80 Å². The molecule has 3 aromatic carbocycles. The van der Waals surface area contributed by atoms with Crippen LogP contribution in [0.5, 0.6) is 0 Å². The van der Waals surface area contributed by atoms with Crippen LogP contribution in [-0.4, -0.2) is 42.5 Å². The molecule has 1 fully saturated rings. The highest BCUT2D eigenvalue weighted by Crippen LogP contribution is 2.26. The third-order valence-electron chi connectivity index (χ3n) is 6.00. The standard InChI is InChI=1S/C27H29ClN2/c1-22(24-9-11-25(12-10-24)26-13-15-27(28)16-14-26)30-20-18-29(19-21-30)17-5-8-23-6-3-2-4-7-23/h2-16,22H,17-21H2,1H3. The van der Waals surface area contributed by atoms with Gasteiger partial charge in [0.25, 0.3) is 0 Å². The number of rotatable bonds is 6. The molecule has 0 N–H and O–H groups in total. The van der Waals surface area contributed by atoms with Crippen molar-refractivity contribution in [3.8, 4) is 11.1 Å². The second-order valence-electron chi connectivity index (χ2n) is 7.95. The van der Waals surface area contributed by atoms with Gasteiger partial charge >= 0.3 is 0 Å². The molecule has 2 nitrogen and oxygen atoms in total. The Kier molecular flexibility index (Phi) is 7.01. The minimum absolute atomic E-state index is 0.436. The van der Waals surface area contributed by atoms with E-state index in [2.05, 4.69) is 95.6 Å². The van der Waals surface area contributed by atoms with Gasteiger partial charge in [0.05, 0.1) is 0 Å². The van der Waals surface area contributed by atoms with Gasteiger partial charge < -0.3 is 0 Å². The lowest BCUT2D eigenvalue weighted by Gasteiger charge is -2.38. The number of piperazine rings is 1. The van der Waals surface area contributed by atoms with Gasteiger partial charge in [-0.2, -0.15) is 0 Å². The molecule has 1 heterocycles. The second kappa shape index (κ2) is 10.1. The summed E-state index contributed by atoms with van der Waals surface area (Å²) in [5.74, 6) is 0. The molecular weight excluding hydrogens is 388 g/mol. The van der Waals surface area contributed by atoms with E-state index in [1.165, 1.54) is 22.3 Å². The van der Waals surface area contributed by atoms with Crippen LogP contribution in [0, 0.1) is 0 Å². The first-order valence-electron chi connectivity index (χ1n) is 10.7. The van der Waals surface area contributed by atoms with Crippen molar-refractivity contribution >= 4 is 17.7 Å². The molecule has 0 aliphatic carbocycles. The van der Waals surface area contributed by atoms with Gasteiger partial charge in [0.2, 0.25) is 0 Å². The SMILES string of the molecule is CC(c1ccc(-c2ccc(Cl)cc2)cc1)N1CCN(CC=Cc2ccccc2)CC1. The average Bonchev–Trinajstić information content (AvgIpc) is 2.80. The van der Waals surface area contributed by atoms with E-state index in [0.29, 0.717) is 6.04 Å². The van der Waals surface area contributed by atoms with E-state index in [-0.39, 0.29) is 0 Å². The highest BCUT2D eigenvalue weighted by atomic mass is 35.5. The molecule has 4 rings (SSSR count). The van der Waals surface area contributed by atoms with Gasteiger partial charge in [-0.15, -0.1) is 0 Å². The monoisotopic (exact) mass is 416 g/mol. The highest BCUT2D eigenvalue weighted by molar-refractivity contribution is 6.30. The van der Waals surface area contributed by atoms with E-state index < -0.39 is 0 Å². The van der Waals surface area contributed by atoms with Crippen molar-refractivity contribution in [1.29, 1.82) is 0 Å². The van der Waals surface area contributed by atoms with E-state index in [0.717, 1.165) is 37.7 Å². The molecule has 154 valence electrons. The summed E-state index contributed by atoms with van der Waals surface area (Å²) in [4.78, 5) is 5.13. The summed E-state index contributed by atoms with van der Waals surface area (Å²) < 4.78 is 0. The molecule has 1 saturated heterocycles.